The van der Waals surface area contributed by atoms with E-state index < -0.39 is 0 Å². The third-order valence-electron chi connectivity index (χ3n) is 3.87. The van der Waals surface area contributed by atoms with Crippen molar-refractivity contribution in [1.82, 2.24) is 5.16 Å². The first kappa shape index (κ1) is 15.2. The summed E-state index contributed by atoms with van der Waals surface area (Å²) in [5.74, 6) is 1.69. The molecule has 1 atom stereocenters. The standard InChI is InChI=1S/C16H18N2O5/c1-8-5-11(23-18-8)9-6-13(19)17-10-7-12(20-2)15(21-3)16(22-4)14(9)10/h5,7,9H,6H2,1-4H3,(H,17,19). The van der Waals surface area contributed by atoms with Crippen LogP contribution in [0, 0.1) is 6.92 Å². The summed E-state index contributed by atoms with van der Waals surface area (Å²) in [5, 5.41) is 6.77. The van der Waals surface area contributed by atoms with Gasteiger partial charge in [0.15, 0.2) is 11.5 Å². The number of aryl methyl sites for hydroxylation is 1. The first-order valence-electron chi connectivity index (χ1n) is 7.15. The number of aromatic nitrogens is 1. The van der Waals surface area contributed by atoms with Gasteiger partial charge in [-0.25, -0.2) is 0 Å². The molecule has 1 unspecified atom stereocenters. The van der Waals surface area contributed by atoms with E-state index in [1.54, 1.807) is 20.3 Å². The van der Waals surface area contributed by atoms with Crippen LogP contribution in [0.1, 0.15) is 29.4 Å². The van der Waals surface area contributed by atoms with Gasteiger partial charge in [0, 0.05) is 24.1 Å². The van der Waals surface area contributed by atoms with Gasteiger partial charge < -0.3 is 24.1 Å². The molecular formula is C16H18N2O5. The molecule has 1 aliphatic rings. The number of rotatable bonds is 4. The van der Waals surface area contributed by atoms with Crippen LogP contribution in [0.5, 0.6) is 17.2 Å². The van der Waals surface area contributed by atoms with Crippen LogP contribution in [0.3, 0.4) is 0 Å². The van der Waals surface area contributed by atoms with E-state index in [1.807, 2.05) is 13.0 Å². The number of hydrogen-bond donors (Lipinski definition) is 1. The molecule has 2 aromatic rings. The molecule has 0 spiro atoms. The second-order valence-electron chi connectivity index (χ2n) is 5.28. The molecule has 7 heteroatoms. The SMILES string of the molecule is COc1cc2c(c(OC)c1OC)C(c1cc(C)no1)CC(=O)N2. The van der Waals surface area contributed by atoms with Gasteiger partial charge in [0.05, 0.1) is 38.6 Å². The van der Waals surface area contributed by atoms with Crippen LogP contribution in [0.4, 0.5) is 5.69 Å². The van der Waals surface area contributed by atoms with Gasteiger partial charge in [0.1, 0.15) is 5.76 Å². The molecule has 7 nitrogen and oxygen atoms in total. The van der Waals surface area contributed by atoms with E-state index in [0.29, 0.717) is 28.7 Å². The minimum absolute atomic E-state index is 0.106. The summed E-state index contributed by atoms with van der Waals surface area (Å²) >= 11 is 0. The van der Waals surface area contributed by atoms with Gasteiger partial charge in [0.25, 0.3) is 0 Å². The molecule has 0 saturated carbocycles. The summed E-state index contributed by atoms with van der Waals surface area (Å²) in [6, 6.07) is 3.55. The van der Waals surface area contributed by atoms with Gasteiger partial charge in [-0.15, -0.1) is 0 Å². The van der Waals surface area contributed by atoms with Gasteiger partial charge in [-0.1, -0.05) is 5.16 Å². The molecule has 3 rings (SSSR count). The largest absolute Gasteiger partial charge is 0.493 e. The smallest absolute Gasteiger partial charge is 0.225 e. The van der Waals surface area contributed by atoms with E-state index in [4.69, 9.17) is 18.7 Å². The number of fused-ring (bicyclic) bond motifs is 1. The van der Waals surface area contributed by atoms with Gasteiger partial charge in [-0.3, -0.25) is 4.79 Å². The molecule has 0 bridgehead atoms. The quantitative estimate of drug-likeness (QED) is 0.932. The minimum atomic E-state index is -0.297. The maximum Gasteiger partial charge on any atom is 0.225 e. The highest BCUT2D eigenvalue weighted by molar-refractivity contribution is 5.97. The van der Waals surface area contributed by atoms with Gasteiger partial charge in [-0.05, 0) is 6.92 Å². The summed E-state index contributed by atoms with van der Waals surface area (Å²) in [6.07, 6.45) is 0.244. The van der Waals surface area contributed by atoms with Crippen LogP contribution in [0.15, 0.2) is 16.7 Å². The van der Waals surface area contributed by atoms with E-state index in [1.165, 1.54) is 7.11 Å². The molecule has 23 heavy (non-hydrogen) atoms. The van der Waals surface area contributed by atoms with Crippen molar-refractivity contribution in [2.24, 2.45) is 0 Å². The molecule has 0 radical (unpaired) electrons. The molecule has 1 N–H and O–H groups in total. The lowest BCUT2D eigenvalue weighted by Crippen LogP contribution is -2.24. The molecule has 2 heterocycles. The number of ether oxygens (including phenoxy) is 3. The predicted molar refractivity (Wildman–Crippen MR) is 82.4 cm³/mol. The fourth-order valence-corrected chi connectivity index (χ4v) is 2.91. The number of hydrogen-bond acceptors (Lipinski definition) is 6. The Morgan fingerprint density at radius 2 is 1.91 bits per heavy atom. The number of nitrogens with zero attached hydrogens (tertiary/aromatic N) is 1. The van der Waals surface area contributed by atoms with Gasteiger partial charge >= 0.3 is 0 Å². The second-order valence-corrected chi connectivity index (χ2v) is 5.28. The lowest BCUT2D eigenvalue weighted by Gasteiger charge is -2.27. The number of carbonyl (C=O) groups is 1. The van der Waals surface area contributed by atoms with Crippen molar-refractivity contribution in [3.63, 3.8) is 0 Å². The fraction of sp³-hybridized carbons (Fsp3) is 0.375. The van der Waals surface area contributed by atoms with Crippen LogP contribution in [-0.4, -0.2) is 32.4 Å². The van der Waals surface area contributed by atoms with Crippen molar-refractivity contribution in [2.75, 3.05) is 26.6 Å². The average molecular weight is 318 g/mol. The predicted octanol–water partition coefficient (Wildman–Crippen LogP) is 2.48. The van der Waals surface area contributed by atoms with E-state index in [-0.39, 0.29) is 18.2 Å². The second kappa shape index (κ2) is 5.83. The lowest BCUT2D eigenvalue weighted by atomic mass is 9.87. The maximum absolute atomic E-state index is 12.1. The Labute approximate surface area is 133 Å². The number of anilines is 1. The van der Waals surface area contributed by atoms with Crippen molar-refractivity contribution < 1.29 is 23.5 Å². The maximum atomic E-state index is 12.1. The topological polar surface area (TPSA) is 82.8 Å². The Morgan fingerprint density at radius 1 is 1.17 bits per heavy atom. The molecule has 0 fully saturated rings. The molecule has 1 amide bonds. The van der Waals surface area contributed by atoms with E-state index in [9.17, 15) is 4.79 Å². The number of benzene rings is 1. The first-order valence-corrected chi connectivity index (χ1v) is 7.15. The highest BCUT2D eigenvalue weighted by Crippen LogP contribution is 2.51. The Balaban J connectivity index is 2.24. The average Bonchev–Trinajstić information content (AvgIpc) is 2.98. The number of amides is 1. The molecule has 1 aromatic carbocycles. The van der Waals surface area contributed by atoms with Crippen LogP contribution in [0.2, 0.25) is 0 Å². The molecule has 1 aromatic heterocycles. The number of methoxy groups -OCH3 is 3. The van der Waals surface area contributed by atoms with Gasteiger partial charge in [0.2, 0.25) is 11.7 Å². The Hall–Kier alpha value is -2.70. The highest BCUT2D eigenvalue weighted by Gasteiger charge is 2.35. The van der Waals surface area contributed by atoms with Crippen molar-refractivity contribution in [3.8, 4) is 17.2 Å². The van der Waals surface area contributed by atoms with Crippen molar-refractivity contribution >= 4 is 11.6 Å². The third kappa shape index (κ3) is 2.48. The minimum Gasteiger partial charge on any atom is -0.493 e. The normalized spacial score (nSPS) is 16.5. The highest BCUT2D eigenvalue weighted by atomic mass is 16.5. The first-order chi connectivity index (χ1) is 11.1. The number of nitrogens with one attached hydrogen (secondary N) is 1. The molecule has 0 saturated heterocycles. The monoisotopic (exact) mass is 318 g/mol. The van der Waals surface area contributed by atoms with E-state index in [2.05, 4.69) is 10.5 Å². The molecular weight excluding hydrogens is 300 g/mol. The third-order valence-corrected chi connectivity index (χ3v) is 3.87. The summed E-state index contributed by atoms with van der Waals surface area (Å²) in [6.45, 7) is 1.84. The summed E-state index contributed by atoms with van der Waals surface area (Å²) in [4.78, 5) is 12.1. The molecule has 122 valence electrons. The van der Waals surface area contributed by atoms with Gasteiger partial charge in [-0.2, -0.15) is 0 Å². The zero-order valence-corrected chi connectivity index (χ0v) is 13.4. The molecule has 1 aliphatic heterocycles. The number of carbonyl (C=O) groups excluding carboxylic acids is 1. The summed E-state index contributed by atoms with van der Waals surface area (Å²) in [7, 11) is 4.63. The van der Waals surface area contributed by atoms with E-state index >= 15 is 0 Å². The van der Waals surface area contributed by atoms with Crippen LogP contribution >= 0.6 is 0 Å². The van der Waals surface area contributed by atoms with E-state index in [0.717, 1.165) is 11.3 Å². The zero-order chi connectivity index (χ0) is 16.6. The van der Waals surface area contributed by atoms with Crippen molar-refractivity contribution in [3.05, 3.63) is 29.2 Å². The Morgan fingerprint density at radius 3 is 2.48 bits per heavy atom. The Bertz CT molecular complexity index is 753. The summed E-state index contributed by atoms with van der Waals surface area (Å²) < 4.78 is 21.7. The van der Waals surface area contributed by atoms with Crippen molar-refractivity contribution in [2.45, 2.75) is 19.3 Å². The van der Waals surface area contributed by atoms with Crippen LogP contribution in [0.25, 0.3) is 0 Å². The fourth-order valence-electron chi connectivity index (χ4n) is 2.91. The summed E-state index contributed by atoms with van der Waals surface area (Å²) in [5.41, 5.74) is 2.17. The lowest BCUT2D eigenvalue weighted by molar-refractivity contribution is -0.116. The Kier molecular flexibility index (Phi) is 3.85. The van der Waals surface area contributed by atoms with Crippen LogP contribution in [-0.2, 0) is 4.79 Å². The molecule has 0 aliphatic carbocycles. The van der Waals surface area contributed by atoms with Crippen molar-refractivity contribution in [1.29, 1.82) is 0 Å². The van der Waals surface area contributed by atoms with Crippen LogP contribution < -0.4 is 19.5 Å². The zero-order valence-electron chi connectivity index (χ0n) is 13.4.